The van der Waals surface area contributed by atoms with Gasteiger partial charge in [0.25, 0.3) is 5.56 Å². The van der Waals surface area contributed by atoms with Gasteiger partial charge in [-0.2, -0.15) is 0 Å². The number of fused-ring (bicyclic) bond motifs is 2. The van der Waals surface area contributed by atoms with Crippen LogP contribution >= 0.6 is 0 Å². The highest BCUT2D eigenvalue weighted by Gasteiger charge is 2.17. The van der Waals surface area contributed by atoms with Gasteiger partial charge in [0, 0.05) is 35.8 Å². The minimum absolute atomic E-state index is 0.0751. The number of hydrogen-bond acceptors (Lipinski definition) is 4. The highest BCUT2D eigenvalue weighted by molar-refractivity contribution is 5.95. The third-order valence-electron chi connectivity index (χ3n) is 5.09. The van der Waals surface area contributed by atoms with Gasteiger partial charge in [-0.05, 0) is 44.1 Å². The van der Waals surface area contributed by atoms with E-state index in [2.05, 4.69) is 10.6 Å². The number of para-hydroxylation sites is 3. The summed E-state index contributed by atoms with van der Waals surface area (Å²) in [5.41, 5.74) is 15.4. The molecule has 0 aliphatic carbocycles. The van der Waals surface area contributed by atoms with Crippen LogP contribution in [0.5, 0.6) is 0 Å². The molecule has 0 saturated heterocycles. The first-order valence-corrected chi connectivity index (χ1v) is 9.72. The molecule has 0 spiro atoms. The van der Waals surface area contributed by atoms with E-state index in [9.17, 15) is 4.79 Å². The number of hydrogen-bond donors (Lipinski definition) is 2. The second kappa shape index (κ2) is 7.96. The van der Waals surface area contributed by atoms with Crippen LogP contribution in [0.3, 0.4) is 0 Å². The Hall–Kier alpha value is -2.96. The first-order valence-electron chi connectivity index (χ1n) is 9.72. The molecule has 4 rings (SSSR count). The summed E-state index contributed by atoms with van der Waals surface area (Å²) in [4.78, 5) is 18.1. The molecular formula is C22H25N5O. The largest absolute Gasteiger partial charge is 0.347 e. The van der Waals surface area contributed by atoms with E-state index >= 15 is 0 Å². The molecule has 28 heavy (non-hydrogen) atoms. The van der Waals surface area contributed by atoms with E-state index in [0.29, 0.717) is 25.3 Å². The Kier molecular flexibility index (Phi) is 5.23. The molecule has 0 radical (unpaired) electrons. The Bertz CT molecular complexity index is 1170. The molecule has 0 amide bonds. The van der Waals surface area contributed by atoms with Gasteiger partial charge in [-0.25, -0.2) is 4.98 Å². The molecule has 4 aromatic rings. The van der Waals surface area contributed by atoms with Crippen molar-refractivity contribution in [2.75, 3.05) is 13.1 Å². The van der Waals surface area contributed by atoms with E-state index in [-0.39, 0.29) is 5.56 Å². The van der Waals surface area contributed by atoms with Crippen LogP contribution in [0, 0.1) is 0 Å². The Balaban J connectivity index is 1.97. The second-order valence-electron chi connectivity index (χ2n) is 6.94. The molecule has 144 valence electrons. The number of benzene rings is 2. The molecule has 0 unspecified atom stereocenters. The minimum Gasteiger partial charge on any atom is -0.347 e. The lowest BCUT2D eigenvalue weighted by Gasteiger charge is -2.11. The van der Waals surface area contributed by atoms with Gasteiger partial charge in [-0.15, -0.1) is 0 Å². The van der Waals surface area contributed by atoms with Gasteiger partial charge in [-0.1, -0.05) is 30.3 Å². The highest BCUT2D eigenvalue weighted by Crippen LogP contribution is 2.29. The van der Waals surface area contributed by atoms with Gasteiger partial charge in [0.15, 0.2) is 0 Å². The Morgan fingerprint density at radius 3 is 2.32 bits per heavy atom. The van der Waals surface area contributed by atoms with Gasteiger partial charge in [0.2, 0.25) is 0 Å². The zero-order valence-corrected chi connectivity index (χ0v) is 15.8. The summed E-state index contributed by atoms with van der Waals surface area (Å²) in [6.45, 7) is 2.56. The van der Waals surface area contributed by atoms with Crippen molar-refractivity contribution in [1.82, 2.24) is 14.1 Å². The number of nitrogens with zero attached hydrogens (tertiary/aromatic N) is 3. The molecule has 2 heterocycles. The fourth-order valence-electron chi connectivity index (χ4n) is 3.72. The average molecular weight is 375 g/mol. The standard InChI is InChI=1S/C22H25N5O/c23-11-5-13-26-15-17(16-7-1-3-9-19(16)26)21-22(28)27(14-6-12-24)20-10-4-2-8-18(20)25-21/h1-4,7-10,15H,5-6,11-14,23-24H2. The van der Waals surface area contributed by atoms with E-state index < -0.39 is 0 Å². The maximum Gasteiger partial charge on any atom is 0.277 e. The van der Waals surface area contributed by atoms with Gasteiger partial charge in [0.05, 0.1) is 11.0 Å². The van der Waals surface area contributed by atoms with Gasteiger partial charge in [0.1, 0.15) is 5.69 Å². The van der Waals surface area contributed by atoms with Gasteiger partial charge >= 0.3 is 0 Å². The monoisotopic (exact) mass is 375 g/mol. The molecule has 2 aromatic carbocycles. The molecular weight excluding hydrogens is 350 g/mol. The summed E-state index contributed by atoms with van der Waals surface area (Å²) >= 11 is 0. The van der Waals surface area contributed by atoms with Crippen molar-refractivity contribution in [2.24, 2.45) is 11.5 Å². The van der Waals surface area contributed by atoms with Crippen molar-refractivity contribution in [3.63, 3.8) is 0 Å². The van der Waals surface area contributed by atoms with Crippen LogP contribution in [-0.2, 0) is 13.1 Å². The van der Waals surface area contributed by atoms with Crippen LogP contribution in [0.25, 0.3) is 33.2 Å². The van der Waals surface area contributed by atoms with Crippen LogP contribution < -0.4 is 17.0 Å². The molecule has 6 nitrogen and oxygen atoms in total. The van der Waals surface area contributed by atoms with E-state index in [4.69, 9.17) is 16.5 Å². The topological polar surface area (TPSA) is 91.9 Å². The predicted molar refractivity (Wildman–Crippen MR) is 114 cm³/mol. The normalized spacial score (nSPS) is 11.5. The first kappa shape index (κ1) is 18.4. The maximum absolute atomic E-state index is 13.4. The van der Waals surface area contributed by atoms with Crippen molar-refractivity contribution in [2.45, 2.75) is 25.9 Å². The SMILES string of the molecule is NCCCn1cc(-c2nc3ccccc3n(CCCN)c2=O)c2ccccc21. The van der Waals surface area contributed by atoms with Crippen molar-refractivity contribution in [3.8, 4) is 11.3 Å². The molecule has 0 aliphatic heterocycles. The van der Waals surface area contributed by atoms with Crippen molar-refractivity contribution in [1.29, 1.82) is 0 Å². The molecule has 2 aromatic heterocycles. The van der Waals surface area contributed by atoms with Crippen LogP contribution in [0.2, 0.25) is 0 Å². The molecule has 0 atom stereocenters. The second-order valence-corrected chi connectivity index (χ2v) is 6.94. The summed E-state index contributed by atoms with van der Waals surface area (Å²) in [7, 11) is 0. The Labute approximate surface area is 163 Å². The number of rotatable bonds is 7. The zero-order valence-electron chi connectivity index (χ0n) is 15.8. The summed E-state index contributed by atoms with van der Waals surface area (Å²) in [5.74, 6) is 0. The smallest absolute Gasteiger partial charge is 0.277 e. The quantitative estimate of drug-likeness (QED) is 0.519. The summed E-state index contributed by atoms with van der Waals surface area (Å²) in [5, 5.41) is 1.03. The molecule has 6 heteroatoms. The van der Waals surface area contributed by atoms with Crippen molar-refractivity contribution in [3.05, 3.63) is 65.1 Å². The first-order chi connectivity index (χ1) is 13.7. The third kappa shape index (κ3) is 3.21. The summed E-state index contributed by atoms with van der Waals surface area (Å²) in [6.07, 6.45) is 3.65. The number of aryl methyl sites for hydroxylation is 2. The van der Waals surface area contributed by atoms with E-state index in [1.165, 1.54) is 0 Å². The third-order valence-corrected chi connectivity index (χ3v) is 5.09. The Morgan fingerprint density at radius 2 is 1.54 bits per heavy atom. The van der Waals surface area contributed by atoms with Crippen LogP contribution in [0.1, 0.15) is 12.8 Å². The zero-order chi connectivity index (χ0) is 19.5. The summed E-state index contributed by atoms with van der Waals surface area (Å²) < 4.78 is 3.97. The van der Waals surface area contributed by atoms with E-state index in [0.717, 1.165) is 46.9 Å². The lowest BCUT2D eigenvalue weighted by Crippen LogP contribution is -2.24. The molecule has 0 fully saturated rings. The van der Waals surface area contributed by atoms with Gasteiger partial charge in [-0.3, -0.25) is 4.79 Å². The highest BCUT2D eigenvalue weighted by atomic mass is 16.1. The fourth-order valence-corrected chi connectivity index (χ4v) is 3.72. The van der Waals surface area contributed by atoms with Crippen LogP contribution in [0.4, 0.5) is 0 Å². The van der Waals surface area contributed by atoms with Crippen LogP contribution in [-0.4, -0.2) is 27.2 Å². The lowest BCUT2D eigenvalue weighted by atomic mass is 10.1. The molecule has 4 N–H and O–H groups in total. The molecule has 0 saturated carbocycles. The minimum atomic E-state index is -0.0751. The predicted octanol–water partition coefficient (Wildman–Crippen LogP) is 2.72. The van der Waals surface area contributed by atoms with E-state index in [1.54, 1.807) is 4.57 Å². The van der Waals surface area contributed by atoms with Crippen LogP contribution in [0.15, 0.2) is 59.5 Å². The van der Waals surface area contributed by atoms with Gasteiger partial charge < -0.3 is 20.6 Å². The number of nitrogens with two attached hydrogens (primary N) is 2. The molecule has 0 aliphatic rings. The average Bonchev–Trinajstić information content (AvgIpc) is 3.10. The maximum atomic E-state index is 13.4. The van der Waals surface area contributed by atoms with E-state index in [1.807, 2.05) is 48.7 Å². The fraction of sp³-hybridized carbons (Fsp3) is 0.273. The number of aromatic nitrogens is 3. The summed E-state index contributed by atoms with van der Waals surface area (Å²) in [6, 6.07) is 15.9. The van der Waals surface area contributed by atoms with Crippen molar-refractivity contribution < 1.29 is 0 Å². The van der Waals surface area contributed by atoms with Crippen molar-refractivity contribution >= 4 is 21.9 Å². The lowest BCUT2D eigenvalue weighted by molar-refractivity contribution is 0.648. The Morgan fingerprint density at radius 1 is 0.857 bits per heavy atom. The molecule has 0 bridgehead atoms.